The Labute approximate surface area is 93.5 Å². The summed E-state index contributed by atoms with van der Waals surface area (Å²) in [6.07, 6.45) is 0. The van der Waals surface area contributed by atoms with Crippen LogP contribution in [0.3, 0.4) is 0 Å². The molecule has 0 N–H and O–H groups in total. The summed E-state index contributed by atoms with van der Waals surface area (Å²) in [5.74, 6) is -0.808. The Morgan fingerprint density at radius 3 is 2.73 bits per heavy atom. The number of rotatable bonds is 2. The topological polar surface area (TPSA) is 25.8 Å². The van der Waals surface area contributed by atoms with Crippen molar-refractivity contribution in [2.24, 2.45) is 0 Å². The number of hydrogen-bond acceptors (Lipinski definition) is 3. The average Bonchev–Trinajstić information content (AvgIpc) is 2.70. The van der Waals surface area contributed by atoms with Crippen molar-refractivity contribution in [1.29, 1.82) is 0 Å². The van der Waals surface area contributed by atoms with Gasteiger partial charge in [0.1, 0.15) is 16.6 Å². The summed E-state index contributed by atoms with van der Waals surface area (Å²) >= 11 is 6.69. The molecular formula is C9H5ClF2N2S. The van der Waals surface area contributed by atoms with Gasteiger partial charge in [-0.2, -0.15) is 0 Å². The van der Waals surface area contributed by atoms with Gasteiger partial charge < -0.3 is 0 Å². The zero-order chi connectivity index (χ0) is 10.8. The summed E-state index contributed by atoms with van der Waals surface area (Å²) in [5.41, 5.74) is 0.115. The predicted octanol–water partition coefficient (Wildman–Crippen LogP) is 3.22. The van der Waals surface area contributed by atoms with E-state index in [1.165, 1.54) is 0 Å². The minimum Gasteiger partial charge on any atom is -0.207 e. The SMILES string of the molecule is Fc1ccc(F)c(-c2nnc(CCl)s2)c1. The Kier molecular flexibility index (Phi) is 2.93. The van der Waals surface area contributed by atoms with Gasteiger partial charge in [-0.05, 0) is 18.2 Å². The van der Waals surface area contributed by atoms with Crippen molar-refractivity contribution in [2.75, 3.05) is 0 Å². The quantitative estimate of drug-likeness (QED) is 0.761. The van der Waals surface area contributed by atoms with Gasteiger partial charge in [-0.25, -0.2) is 8.78 Å². The van der Waals surface area contributed by atoms with Crippen LogP contribution in [0.25, 0.3) is 10.6 Å². The summed E-state index contributed by atoms with van der Waals surface area (Å²) < 4.78 is 26.2. The molecule has 2 aromatic rings. The molecule has 1 aromatic heterocycles. The number of alkyl halides is 1. The van der Waals surface area contributed by atoms with E-state index in [9.17, 15) is 8.78 Å². The third kappa shape index (κ3) is 2.13. The molecule has 0 aliphatic heterocycles. The van der Waals surface area contributed by atoms with Gasteiger partial charge in [-0.1, -0.05) is 11.3 Å². The first-order chi connectivity index (χ1) is 7.20. The molecule has 2 nitrogen and oxygen atoms in total. The van der Waals surface area contributed by atoms with Crippen LogP contribution in [0.4, 0.5) is 8.78 Å². The third-order valence-corrected chi connectivity index (χ3v) is 3.11. The first-order valence-corrected chi connectivity index (χ1v) is 5.39. The summed E-state index contributed by atoms with van der Waals surface area (Å²) in [6.45, 7) is 0. The molecule has 0 saturated heterocycles. The van der Waals surface area contributed by atoms with Gasteiger partial charge in [0.05, 0.1) is 11.4 Å². The summed E-state index contributed by atoms with van der Waals surface area (Å²) in [6, 6.07) is 3.21. The molecule has 0 atom stereocenters. The molecule has 0 amide bonds. The van der Waals surface area contributed by atoms with Gasteiger partial charge in [0.2, 0.25) is 0 Å². The van der Waals surface area contributed by atoms with Crippen LogP contribution in [-0.4, -0.2) is 10.2 Å². The molecular weight excluding hydrogens is 242 g/mol. The summed E-state index contributed by atoms with van der Waals surface area (Å²) in [5, 5.41) is 8.38. The Morgan fingerprint density at radius 1 is 1.27 bits per heavy atom. The lowest BCUT2D eigenvalue weighted by Crippen LogP contribution is -1.85. The maximum atomic E-state index is 13.3. The lowest BCUT2D eigenvalue weighted by molar-refractivity contribution is 0.603. The van der Waals surface area contributed by atoms with E-state index in [-0.39, 0.29) is 11.4 Å². The molecule has 0 fully saturated rings. The van der Waals surface area contributed by atoms with Crippen LogP contribution in [-0.2, 0) is 5.88 Å². The molecule has 0 radical (unpaired) electrons. The Hall–Kier alpha value is -1.07. The van der Waals surface area contributed by atoms with Gasteiger partial charge in [0.25, 0.3) is 0 Å². The van der Waals surface area contributed by atoms with Crippen LogP contribution in [0.15, 0.2) is 18.2 Å². The summed E-state index contributed by atoms with van der Waals surface area (Å²) in [4.78, 5) is 0. The fourth-order valence-corrected chi connectivity index (χ4v) is 2.00. The van der Waals surface area contributed by atoms with Crippen molar-refractivity contribution in [3.63, 3.8) is 0 Å². The lowest BCUT2D eigenvalue weighted by atomic mass is 10.2. The molecule has 0 aliphatic carbocycles. The fraction of sp³-hybridized carbons (Fsp3) is 0.111. The highest BCUT2D eigenvalue weighted by Gasteiger charge is 2.11. The number of halogens is 3. The first-order valence-electron chi connectivity index (χ1n) is 4.04. The van der Waals surface area contributed by atoms with Crippen molar-refractivity contribution in [2.45, 2.75) is 5.88 Å². The molecule has 0 aliphatic rings. The minimum atomic E-state index is -0.520. The Morgan fingerprint density at radius 2 is 2.07 bits per heavy atom. The first kappa shape index (κ1) is 10.4. The molecule has 0 unspecified atom stereocenters. The molecule has 1 heterocycles. The molecule has 2 rings (SSSR count). The van der Waals surface area contributed by atoms with Crippen molar-refractivity contribution in [1.82, 2.24) is 10.2 Å². The van der Waals surface area contributed by atoms with Crippen LogP contribution < -0.4 is 0 Å². The van der Waals surface area contributed by atoms with Gasteiger partial charge in [0.15, 0.2) is 5.01 Å². The zero-order valence-electron chi connectivity index (χ0n) is 7.38. The van der Waals surface area contributed by atoms with Crippen LogP contribution in [0.1, 0.15) is 5.01 Å². The normalized spacial score (nSPS) is 10.6. The van der Waals surface area contributed by atoms with E-state index in [4.69, 9.17) is 11.6 Å². The van der Waals surface area contributed by atoms with Gasteiger partial charge in [-0.15, -0.1) is 21.8 Å². The van der Waals surface area contributed by atoms with Crippen LogP contribution in [0.5, 0.6) is 0 Å². The van der Waals surface area contributed by atoms with Gasteiger partial charge in [0, 0.05) is 0 Å². The Bertz CT molecular complexity index is 487. The maximum Gasteiger partial charge on any atom is 0.150 e. The van der Waals surface area contributed by atoms with Gasteiger partial charge >= 0.3 is 0 Å². The second kappa shape index (κ2) is 4.20. The van der Waals surface area contributed by atoms with Crippen LogP contribution in [0, 0.1) is 11.6 Å². The molecule has 0 spiro atoms. The van der Waals surface area contributed by atoms with E-state index in [2.05, 4.69) is 10.2 Å². The molecule has 6 heteroatoms. The fourth-order valence-electron chi connectivity index (χ4n) is 1.08. The van der Waals surface area contributed by atoms with Crippen molar-refractivity contribution >= 4 is 22.9 Å². The predicted molar refractivity (Wildman–Crippen MR) is 54.8 cm³/mol. The second-order valence-electron chi connectivity index (χ2n) is 2.76. The smallest absolute Gasteiger partial charge is 0.150 e. The van der Waals surface area contributed by atoms with E-state index in [1.54, 1.807) is 0 Å². The van der Waals surface area contributed by atoms with Crippen molar-refractivity contribution in [3.8, 4) is 10.6 Å². The Balaban J connectivity index is 2.48. The van der Waals surface area contributed by atoms with Crippen LogP contribution in [0.2, 0.25) is 0 Å². The maximum absolute atomic E-state index is 13.3. The zero-order valence-corrected chi connectivity index (χ0v) is 8.95. The number of aromatic nitrogens is 2. The van der Waals surface area contributed by atoms with Crippen molar-refractivity contribution in [3.05, 3.63) is 34.8 Å². The largest absolute Gasteiger partial charge is 0.207 e. The van der Waals surface area contributed by atoms with E-state index < -0.39 is 11.6 Å². The second-order valence-corrected chi connectivity index (χ2v) is 4.09. The van der Waals surface area contributed by atoms with E-state index >= 15 is 0 Å². The number of nitrogens with zero attached hydrogens (tertiary/aromatic N) is 2. The molecule has 0 saturated carbocycles. The highest BCUT2D eigenvalue weighted by Crippen LogP contribution is 2.27. The van der Waals surface area contributed by atoms with E-state index in [0.717, 1.165) is 29.5 Å². The highest BCUT2D eigenvalue weighted by atomic mass is 35.5. The van der Waals surface area contributed by atoms with Gasteiger partial charge in [-0.3, -0.25) is 0 Å². The lowest BCUT2D eigenvalue weighted by Gasteiger charge is -1.97. The van der Waals surface area contributed by atoms with E-state index in [1.807, 2.05) is 0 Å². The average molecular weight is 247 g/mol. The molecule has 15 heavy (non-hydrogen) atoms. The number of benzene rings is 1. The van der Waals surface area contributed by atoms with Crippen molar-refractivity contribution < 1.29 is 8.78 Å². The standard InChI is InChI=1S/C9H5ClF2N2S/c10-4-8-13-14-9(15-8)6-3-5(11)1-2-7(6)12/h1-3H,4H2. The monoisotopic (exact) mass is 246 g/mol. The number of hydrogen-bond donors (Lipinski definition) is 0. The summed E-state index contributed by atoms with van der Waals surface area (Å²) in [7, 11) is 0. The molecule has 78 valence electrons. The van der Waals surface area contributed by atoms with E-state index in [0.29, 0.717) is 10.0 Å². The third-order valence-electron chi connectivity index (χ3n) is 1.74. The van der Waals surface area contributed by atoms with Crippen LogP contribution >= 0.6 is 22.9 Å². The molecule has 0 bridgehead atoms. The minimum absolute atomic E-state index is 0.115. The highest BCUT2D eigenvalue weighted by molar-refractivity contribution is 7.14. The molecule has 1 aromatic carbocycles.